The second kappa shape index (κ2) is 4.42. The fourth-order valence-electron chi connectivity index (χ4n) is 3.14. The van der Waals surface area contributed by atoms with Crippen LogP contribution in [0.2, 0.25) is 0 Å². The predicted octanol–water partition coefficient (Wildman–Crippen LogP) is 3.83. The summed E-state index contributed by atoms with van der Waals surface area (Å²) in [5.41, 5.74) is 1.26. The maximum absolute atomic E-state index is 4.67. The normalized spacial score (nSPS) is 25.4. The van der Waals surface area contributed by atoms with E-state index in [2.05, 4.69) is 64.0 Å². The minimum Gasteiger partial charge on any atom is -0.303 e. The van der Waals surface area contributed by atoms with Crippen LogP contribution in [-0.4, -0.2) is 20.8 Å². The van der Waals surface area contributed by atoms with Crippen molar-refractivity contribution in [2.24, 2.45) is 0 Å². The third kappa shape index (κ3) is 1.45. The Hall–Kier alpha value is -1.68. The Balaban J connectivity index is 1.87. The van der Waals surface area contributed by atoms with Crippen LogP contribution in [0.25, 0.3) is 5.70 Å². The highest BCUT2D eigenvalue weighted by Crippen LogP contribution is 2.49. The first-order chi connectivity index (χ1) is 9.87. The monoisotopic (exact) mass is 283 g/mol. The summed E-state index contributed by atoms with van der Waals surface area (Å²) in [6.07, 6.45) is 19.5. The van der Waals surface area contributed by atoms with Crippen LogP contribution in [0.1, 0.15) is 19.8 Å². The van der Waals surface area contributed by atoms with Gasteiger partial charge < -0.3 is 4.90 Å². The van der Waals surface area contributed by atoms with Gasteiger partial charge in [0.2, 0.25) is 5.95 Å². The molecule has 3 aliphatic rings. The van der Waals surface area contributed by atoms with Gasteiger partial charge >= 0.3 is 0 Å². The van der Waals surface area contributed by atoms with Crippen molar-refractivity contribution in [1.82, 2.24) is 9.55 Å². The molecule has 4 rings (SSSR count). The lowest BCUT2D eigenvalue weighted by atomic mass is 9.85. The zero-order valence-corrected chi connectivity index (χ0v) is 12.3. The zero-order valence-electron chi connectivity index (χ0n) is 11.5. The zero-order chi connectivity index (χ0) is 13.6. The number of fused-ring (bicyclic) bond motifs is 3. The molecule has 0 saturated heterocycles. The van der Waals surface area contributed by atoms with Gasteiger partial charge in [0.05, 0.1) is 11.9 Å². The van der Waals surface area contributed by atoms with Crippen molar-refractivity contribution in [3.63, 3.8) is 0 Å². The highest BCUT2D eigenvalue weighted by atomic mass is 32.2. The van der Waals surface area contributed by atoms with E-state index in [9.17, 15) is 0 Å². The minimum atomic E-state index is -0.0609. The molecule has 1 aliphatic carbocycles. The van der Waals surface area contributed by atoms with Crippen molar-refractivity contribution in [2.75, 3.05) is 10.7 Å². The Bertz CT molecular complexity index is 665. The van der Waals surface area contributed by atoms with Gasteiger partial charge in [0, 0.05) is 6.20 Å². The van der Waals surface area contributed by atoms with Gasteiger partial charge in [0.25, 0.3) is 0 Å². The van der Waals surface area contributed by atoms with Crippen LogP contribution in [0.15, 0.2) is 53.9 Å². The van der Waals surface area contributed by atoms with E-state index in [0.29, 0.717) is 0 Å². The highest BCUT2D eigenvalue weighted by molar-refractivity contribution is 7.99. The number of allylic oxidation sites excluding steroid dienone is 4. The topological polar surface area (TPSA) is 21.1 Å². The van der Waals surface area contributed by atoms with E-state index in [1.54, 1.807) is 0 Å². The number of rotatable bonds is 3. The summed E-state index contributed by atoms with van der Waals surface area (Å²) in [4.78, 5) is 6.97. The molecule has 2 aliphatic heterocycles. The van der Waals surface area contributed by atoms with E-state index in [-0.39, 0.29) is 5.54 Å². The summed E-state index contributed by atoms with van der Waals surface area (Å²) in [5, 5.41) is 1.25. The Labute approximate surface area is 123 Å². The molecule has 3 heterocycles. The average molecular weight is 283 g/mol. The van der Waals surface area contributed by atoms with Gasteiger partial charge in [-0.3, -0.25) is 4.57 Å². The third-order valence-electron chi connectivity index (χ3n) is 4.03. The smallest absolute Gasteiger partial charge is 0.216 e. The Kier molecular flexibility index (Phi) is 2.67. The van der Waals surface area contributed by atoms with E-state index in [0.717, 1.165) is 18.1 Å². The van der Waals surface area contributed by atoms with Gasteiger partial charge in [0.1, 0.15) is 10.6 Å². The van der Waals surface area contributed by atoms with Gasteiger partial charge in [-0.2, -0.15) is 0 Å². The molecule has 0 fully saturated rings. The van der Waals surface area contributed by atoms with Crippen molar-refractivity contribution < 1.29 is 0 Å². The molecule has 0 bridgehead atoms. The molecule has 0 radical (unpaired) electrons. The van der Waals surface area contributed by atoms with Crippen molar-refractivity contribution in [2.45, 2.75) is 30.3 Å². The molecular weight excluding hydrogens is 266 g/mol. The fourth-order valence-corrected chi connectivity index (χ4v) is 3.99. The molecule has 3 nitrogen and oxygen atoms in total. The molecular formula is C16H17N3S. The molecule has 4 heteroatoms. The molecule has 0 aromatic carbocycles. The Morgan fingerprint density at radius 1 is 1.35 bits per heavy atom. The lowest BCUT2D eigenvalue weighted by Crippen LogP contribution is -2.43. The first-order valence-electron chi connectivity index (χ1n) is 7.10. The maximum Gasteiger partial charge on any atom is 0.216 e. The first-order valence-corrected chi connectivity index (χ1v) is 8.09. The number of hydrogen-bond acceptors (Lipinski definition) is 3. The molecule has 0 saturated carbocycles. The SMILES string of the molecule is CCCSc1cnc2n1C1=CC=CCC13C=CC=CN23. The van der Waals surface area contributed by atoms with E-state index in [1.807, 2.05) is 18.0 Å². The summed E-state index contributed by atoms with van der Waals surface area (Å²) in [6.45, 7) is 2.22. The van der Waals surface area contributed by atoms with E-state index >= 15 is 0 Å². The third-order valence-corrected chi connectivity index (χ3v) is 5.23. The highest BCUT2D eigenvalue weighted by Gasteiger charge is 2.48. The van der Waals surface area contributed by atoms with Crippen molar-refractivity contribution >= 4 is 23.4 Å². The summed E-state index contributed by atoms with van der Waals surface area (Å²) in [5.74, 6) is 2.17. The van der Waals surface area contributed by atoms with Crippen LogP contribution < -0.4 is 4.90 Å². The molecule has 1 aromatic rings. The molecule has 0 amide bonds. The maximum atomic E-state index is 4.67. The van der Waals surface area contributed by atoms with E-state index < -0.39 is 0 Å². The average Bonchev–Trinajstić information content (AvgIpc) is 3.01. The van der Waals surface area contributed by atoms with E-state index in [4.69, 9.17) is 0 Å². The van der Waals surface area contributed by atoms with Gasteiger partial charge in [-0.25, -0.2) is 4.98 Å². The van der Waals surface area contributed by atoms with E-state index in [1.165, 1.54) is 17.1 Å². The first kappa shape index (κ1) is 12.1. The number of hydrogen-bond donors (Lipinski definition) is 0. The van der Waals surface area contributed by atoms with Gasteiger partial charge in [0.15, 0.2) is 0 Å². The minimum absolute atomic E-state index is 0.0609. The molecule has 1 atom stereocenters. The van der Waals surface area contributed by atoms with Gasteiger partial charge in [-0.1, -0.05) is 31.2 Å². The van der Waals surface area contributed by atoms with Crippen molar-refractivity contribution in [3.8, 4) is 0 Å². The molecule has 102 valence electrons. The number of nitrogens with zero attached hydrogens (tertiary/aromatic N) is 3. The Morgan fingerprint density at radius 3 is 3.20 bits per heavy atom. The van der Waals surface area contributed by atoms with Crippen molar-refractivity contribution in [1.29, 1.82) is 0 Å². The van der Waals surface area contributed by atoms with Crippen LogP contribution >= 0.6 is 11.8 Å². The predicted molar refractivity (Wildman–Crippen MR) is 84.8 cm³/mol. The van der Waals surface area contributed by atoms with Crippen LogP contribution in [0.3, 0.4) is 0 Å². The standard InChI is InChI=1S/C16H17N3S/c1-2-11-20-14-12-17-15-18-10-6-5-9-16(18)8-4-3-7-13(16)19(14)15/h3-7,9-10,12H,2,8,11H2,1H3. The quantitative estimate of drug-likeness (QED) is 0.787. The van der Waals surface area contributed by atoms with Crippen LogP contribution in [-0.2, 0) is 0 Å². The summed E-state index contributed by atoms with van der Waals surface area (Å²) < 4.78 is 2.32. The number of thioether (sulfide) groups is 1. The van der Waals surface area contributed by atoms with Crippen LogP contribution in [0.5, 0.6) is 0 Å². The number of imidazole rings is 1. The molecule has 1 spiro atoms. The molecule has 0 N–H and O–H groups in total. The summed E-state index contributed by atoms with van der Waals surface area (Å²) >= 11 is 1.89. The molecule has 1 unspecified atom stereocenters. The lowest BCUT2D eigenvalue weighted by molar-refractivity contribution is 0.652. The summed E-state index contributed by atoms with van der Waals surface area (Å²) in [7, 11) is 0. The van der Waals surface area contributed by atoms with Gasteiger partial charge in [-0.05, 0) is 30.7 Å². The van der Waals surface area contributed by atoms with Crippen LogP contribution in [0, 0.1) is 0 Å². The molecule has 20 heavy (non-hydrogen) atoms. The largest absolute Gasteiger partial charge is 0.303 e. The lowest BCUT2D eigenvalue weighted by Gasteiger charge is -2.37. The summed E-state index contributed by atoms with van der Waals surface area (Å²) in [6, 6.07) is 0. The number of aromatic nitrogens is 2. The van der Waals surface area contributed by atoms with Crippen LogP contribution in [0.4, 0.5) is 5.95 Å². The van der Waals surface area contributed by atoms with Crippen molar-refractivity contribution in [3.05, 3.63) is 48.9 Å². The second-order valence-corrected chi connectivity index (χ2v) is 6.37. The fraction of sp³-hybridized carbons (Fsp3) is 0.312. The molecule has 1 aromatic heterocycles. The number of anilines is 1. The Morgan fingerprint density at radius 2 is 2.30 bits per heavy atom. The second-order valence-electron chi connectivity index (χ2n) is 5.26. The van der Waals surface area contributed by atoms with Gasteiger partial charge in [-0.15, -0.1) is 11.8 Å².